The zero-order chi connectivity index (χ0) is 14.6. The summed E-state index contributed by atoms with van der Waals surface area (Å²) in [5.74, 6) is -1.29. The van der Waals surface area contributed by atoms with Gasteiger partial charge in [-0.25, -0.2) is 13.2 Å². The van der Waals surface area contributed by atoms with Gasteiger partial charge in [-0.05, 0) is 11.4 Å². The van der Waals surface area contributed by atoms with Gasteiger partial charge in [0.1, 0.15) is 9.77 Å². The first-order chi connectivity index (χ1) is 8.80. The molecule has 9 heteroatoms. The molecule has 0 saturated carbocycles. The van der Waals surface area contributed by atoms with Crippen LogP contribution in [0.5, 0.6) is 0 Å². The van der Waals surface area contributed by atoms with Gasteiger partial charge < -0.3 is 14.9 Å². The number of carbonyl (C=O) groups is 1. The molecule has 1 atom stereocenters. The molecule has 1 unspecified atom stereocenters. The summed E-state index contributed by atoms with van der Waals surface area (Å²) in [7, 11) is -1.27. The van der Waals surface area contributed by atoms with E-state index < -0.39 is 22.1 Å². The molecule has 0 bridgehead atoms. The molecule has 1 rings (SSSR count). The van der Waals surface area contributed by atoms with E-state index in [4.69, 9.17) is 9.84 Å². The van der Waals surface area contributed by atoms with Crippen molar-refractivity contribution in [2.45, 2.75) is 11.0 Å². The van der Waals surface area contributed by atoms with E-state index in [1.54, 1.807) is 0 Å². The van der Waals surface area contributed by atoms with Crippen molar-refractivity contribution in [3.05, 3.63) is 16.3 Å². The van der Waals surface area contributed by atoms with Gasteiger partial charge in [-0.15, -0.1) is 11.3 Å². The number of aliphatic hydroxyl groups is 1. The van der Waals surface area contributed by atoms with Crippen LogP contribution in [0.1, 0.15) is 9.67 Å². The first-order valence-corrected chi connectivity index (χ1v) is 7.56. The van der Waals surface area contributed by atoms with Gasteiger partial charge in [-0.3, -0.25) is 0 Å². The molecular weight excluding hydrogens is 294 g/mol. The molecule has 2 N–H and O–H groups in total. The van der Waals surface area contributed by atoms with Gasteiger partial charge >= 0.3 is 5.97 Å². The average molecular weight is 309 g/mol. The fourth-order valence-electron chi connectivity index (χ4n) is 1.46. The van der Waals surface area contributed by atoms with Crippen LogP contribution in [0.15, 0.2) is 16.3 Å². The smallest absolute Gasteiger partial charge is 0.347 e. The molecular formula is C10H15NO6S2. The summed E-state index contributed by atoms with van der Waals surface area (Å²) in [6.45, 7) is -0.180. The van der Waals surface area contributed by atoms with E-state index in [1.165, 1.54) is 25.6 Å². The number of likely N-dealkylation sites (N-methyl/N-ethyl adjacent to an activating group) is 1. The van der Waals surface area contributed by atoms with Gasteiger partial charge in [0, 0.05) is 20.7 Å². The molecule has 0 spiro atoms. The third-order valence-electron chi connectivity index (χ3n) is 2.34. The number of carboxylic acid groups (broad SMARTS) is 1. The monoisotopic (exact) mass is 309 g/mol. The van der Waals surface area contributed by atoms with Gasteiger partial charge in [0.15, 0.2) is 0 Å². The van der Waals surface area contributed by atoms with Crippen molar-refractivity contribution >= 4 is 27.3 Å². The summed E-state index contributed by atoms with van der Waals surface area (Å²) in [4.78, 5) is 10.4. The Labute approximate surface area is 115 Å². The van der Waals surface area contributed by atoms with Crippen LogP contribution in [0.3, 0.4) is 0 Å². The molecule has 0 aromatic carbocycles. The van der Waals surface area contributed by atoms with E-state index in [2.05, 4.69) is 0 Å². The highest BCUT2D eigenvalue weighted by Gasteiger charge is 2.28. The summed E-state index contributed by atoms with van der Waals surface area (Å²) >= 11 is 0.839. The Morgan fingerprint density at radius 2 is 2.21 bits per heavy atom. The first kappa shape index (κ1) is 16.1. The Morgan fingerprint density at radius 1 is 1.58 bits per heavy atom. The average Bonchev–Trinajstić information content (AvgIpc) is 2.78. The van der Waals surface area contributed by atoms with Crippen molar-refractivity contribution in [3.63, 3.8) is 0 Å². The van der Waals surface area contributed by atoms with E-state index in [0.717, 1.165) is 15.6 Å². The lowest BCUT2D eigenvalue weighted by Crippen LogP contribution is -2.36. The molecule has 108 valence electrons. The lowest BCUT2D eigenvalue weighted by atomic mass is 10.4. The van der Waals surface area contributed by atoms with E-state index in [0.29, 0.717) is 0 Å². The normalized spacial score (nSPS) is 13.7. The standard InChI is InChI=1S/C10H15NO6S2/c1-11(5-7(12)6-17-2)19(15,16)8-3-4-18-9(8)10(13)14/h3-4,7,12H,5-6H2,1-2H3,(H,13,14). The Balaban J connectivity index is 2.97. The summed E-state index contributed by atoms with van der Waals surface area (Å²) < 4.78 is 30.0. The minimum absolute atomic E-state index is 0.00468. The van der Waals surface area contributed by atoms with Crippen LogP contribution < -0.4 is 0 Å². The van der Waals surface area contributed by atoms with Crippen molar-refractivity contribution in [1.82, 2.24) is 4.31 Å². The SMILES string of the molecule is COCC(O)CN(C)S(=O)(=O)c1ccsc1C(=O)O. The Kier molecular flexibility index (Phi) is 5.44. The second kappa shape index (κ2) is 6.44. The molecule has 0 amide bonds. The first-order valence-electron chi connectivity index (χ1n) is 5.24. The van der Waals surface area contributed by atoms with Crippen LogP contribution in [-0.2, 0) is 14.8 Å². The van der Waals surface area contributed by atoms with Crippen molar-refractivity contribution in [1.29, 1.82) is 0 Å². The summed E-state index contributed by atoms with van der Waals surface area (Å²) in [5.41, 5.74) is 0. The maximum absolute atomic E-state index is 12.2. The molecule has 19 heavy (non-hydrogen) atoms. The van der Waals surface area contributed by atoms with Crippen molar-refractivity contribution in [2.24, 2.45) is 0 Å². The van der Waals surface area contributed by atoms with Crippen molar-refractivity contribution in [3.8, 4) is 0 Å². The Bertz CT molecular complexity index is 538. The van der Waals surface area contributed by atoms with Gasteiger partial charge in [0.2, 0.25) is 10.0 Å². The number of carboxylic acids is 1. The molecule has 0 aliphatic rings. The highest BCUT2D eigenvalue weighted by molar-refractivity contribution is 7.89. The number of hydrogen-bond acceptors (Lipinski definition) is 6. The number of aromatic carboxylic acids is 1. The third-order valence-corrected chi connectivity index (χ3v) is 5.24. The number of aliphatic hydroxyl groups excluding tert-OH is 1. The van der Waals surface area contributed by atoms with E-state index >= 15 is 0 Å². The molecule has 0 aliphatic heterocycles. The number of nitrogens with zero attached hydrogens (tertiary/aromatic N) is 1. The third kappa shape index (κ3) is 3.74. The summed E-state index contributed by atoms with van der Waals surface area (Å²) in [6, 6.07) is 1.24. The van der Waals surface area contributed by atoms with Gasteiger partial charge in [-0.1, -0.05) is 0 Å². The van der Waals surface area contributed by atoms with E-state index in [1.807, 2.05) is 0 Å². The highest BCUT2D eigenvalue weighted by Crippen LogP contribution is 2.24. The predicted octanol–water partition coefficient (Wildman–Crippen LogP) is 0.0741. The number of sulfonamides is 1. The number of methoxy groups -OCH3 is 1. The van der Waals surface area contributed by atoms with Crippen molar-refractivity contribution in [2.75, 3.05) is 27.3 Å². The van der Waals surface area contributed by atoms with Crippen LogP contribution in [-0.4, -0.2) is 62.3 Å². The van der Waals surface area contributed by atoms with Crippen LogP contribution in [0.4, 0.5) is 0 Å². The lowest BCUT2D eigenvalue weighted by Gasteiger charge is -2.19. The Hall–Kier alpha value is -1.00. The van der Waals surface area contributed by atoms with Crippen LogP contribution in [0, 0.1) is 0 Å². The minimum atomic E-state index is -3.94. The zero-order valence-electron chi connectivity index (χ0n) is 10.4. The molecule has 0 saturated heterocycles. The predicted molar refractivity (Wildman–Crippen MR) is 69.0 cm³/mol. The van der Waals surface area contributed by atoms with Crippen LogP contribution in [0.25, 0.3) is 0 Å². The molecule has 1 aromatic rings. The van der Waals surface area contributed by atoms with Crippen molar-refractivity contribution < 1.29 is 28.2 Å². The van der Waals surface area contributed by atoms with Gasteiger partial charge in [0.25, 0.3) is 0 Å². The van der Waals surface area contributed by atoms with Gasteiger partial charge in [-0.2, -0.15) is 4.31 Å². The highest BCUT2D eigenvalue weighted by atomic mass is 32.2. The molecule has 1 heterocycles. The maximum Gasteiger partial charge on any atom is 0.347 e. The summed E-state index contributed by atoms with van der Waals surface area (Å²) in [6.07, 6.45) is -0.975. The second-order valence-corrected chi connectivity index (χ2v) is 6.74. The van der Waals surface area contributed by atoms with E-state index in [9.17, 15) is 18.3 Å². The topological polar surface area (TPSA) is 104 Å². The van der Waals surface area contributed by atoms with Crippen LogP contribution >= 0.6 is 11.3 Å². The number of ether oxygens (including phenoxy) is 1. The second-order valence-electron chi connectivity index (χ2n) is 3.81. The van der Waals surface area contributed by atoms with E-state index in [-0.39, 0.29) is 22.9 Å². The number of rotatable bonds is 7. The molecule has 0 fully saturated rings. The Morgan fingerprint density at radius 3 is 2.74 bits per heavy atom. The lowest BCUT2D eigenvalue weighted by molar-refractivity contribution is 0.0554. The fourth-order valence-corrected chi connectivity index (χ4v) is 3.90. The maximum atomic E-state index is 12.2. The molecule has 0 aliphatic carbocycles. The number of hydrogen-bond donors (Lipinski definition) is 2. The molecule has 1 aromatic heterocycles. The zero-order valence-corrected chi connectivity index (χ0v) is 12.1. The summed E-state index contributed by atoms with van der Waals surface area (Å²) in [5, 5.41) is 19.8. The largest absolute Gasteiger partial charge is 0.477 e. The van der Waals surface area contributed by atoms with Gasteiger partial charge in [0.05, 0.1) is 12.7 Å². The molecule has 0 radical (unpaired) electrons. The van der Waals surface area contributed by atoms with Crippen LogP contribution in [0.2, 0.25) is 0 Å². The quantitative estimate of drug-likeness (QED) is 0.739. The minimum Gasteiger partial charge on any atom is -0.477 e. The number of thiophene rings is 1. The molecule has 7 nitrogen and oxygen atoms in total. The fraction of sp³-hybridized carbons (Fsp3) is 0.500.